The first kappa shape index (κ1) is 11.9. The van der Waals surface area contributed by atoms with Crippen molar-refractivity contribution in [2.24, 2.45) is 11.1 Å². The van der Waals surface area contributed by atoms with E-state index in [0.29, 0.717) is 0 Å². The molecular formula is C13H19NO. The number of hydrogen-bond acceptors (Lipinski definition) is 2. The number of hydrogen-bond donors (Lipinski definition) is 1. The zero-order valence-electron chi connectivity index (χ0n) is 9.87. The van der Waals surface area contributed by atoms with Crippen molar-refractivity contribution < 1.29 is 4.79 Å². The highest BCUT2D eigenvalue weighted by Gasteiger charge is 2.40. The fraction of sp³-hybridized carbons (Fsp3) is 0.462. The van der Waals surface area contributed by atoms with Gasteiger partial charge in [-0.25, -0.2) is 0 Å². The van der Waals surface area contributed by atoms with E-state index in [1.165, 1.54) is 0 Å². The van der Waals surface area contributed by atoms with Crippen LogP contribution in [0, 0.1) is 5.41 Å². The summed E-state index contributed by atoms with van der Waals surface area (Å²) in [5, 5.41) is 0. The zero-order chi connectivity index (χ0) is 11.7. The average Bonchev–Trinajstić information content (AvgIpc) is 2.16. The van der Waals surface area contributed by atoms with E-state index in [9.17, 15) is 4.79 Å². The summed E-state index contributed by atoms with van der Waals surface area (Å²) in [5.74, 6) is 0.0931. The molecule has 0 atom stereocenters. The minimum absolute atomic E-state index is 0.0931. The van der Waals surface area contributed by atoms with Gasteiger partial charge in [-0.15, -0.1) is 0 Å². The number of ketones is 1. The second-order valence-electron chi connectivity index (χ2n) is 5.04. The summed E-state index contributed by atoms with van der Waals surface area (Å²) >= 11 is 0. The van der Waals surface area contributed by atoms with Gasteiger partial charge in [0.25, 0.3) is 0 Å². The largest absolute Gasteiger partial charge is 0.325 e. The summed E-state index contributed by atoms with van der Waals surface area (Å²) in [6, 6.07) is 9.29. The first-order valence-corrected chi connectivity index (χ1v) is 5.15. The third kappa shape index (κ3) is 2.26. The summed E-state index contributed by atoms with van der Waals surface area (Å²) in [4.78, 5) is 12.2. The number of carbonyl (C=O) groups excluding carboxylic acids is 1. The highest BCUT2D eigenvalue weighted by atomic mass is 16.1. The predicted octanol–water partition coefficient (Wildman–Crippen LogP) is 2.63. The minimum Gasteiger partial charge on any atom is -0.325 e. The van der Waals surface area contributed by atoms with Crippen molar-refractivity contribution in [1.82, 2.24) is 0 Å². The summed E-state index contributed by atoms with van der Waals surface area (Å²) in [6.45, 7) is 7.55. The smallest absolute Gasteiger partial charge is 0.170 e. The van der Waals surface area contributed by atoms with Gasteiger partial charge in [-0.3, -0.25) is 4.79 Å². The zero-order valence-corrected chi connectivity index (χ0v) is 9.87. The molecule has 1 aromatic rings. The summed E-state index contributed by atoms with van der Waals surface area (Å²) in [6.07, 6.45) is 0. The Labute approximate surface area is 91.5 Å². The molecule has 0 aromatic heterocycles. The Bertz CT molecular complexity index is 347. The molecule has 0 aliphatic heterocycles. The Hall–Kier alpha value is -1.15. The maximum atomic E-state index is 12.2. The Morgan fingerprint density at radius 1 is 1.07 bits per heavy atom. The van der Waals surface area contributed by atoms with E-state index in [4.69, 9.17) is 5.73 Å². The summed E-state index contributed by atoms with van der Waals surface area (Å²) in [7, 11) is 0. The van der Waals surface area contributed by atoms with Gasteiger partial charge in [-0.2, -0.15) is 0 Å². The SMILES string of the molecule is CC(C)(N)C(C)(C)C(=O)c1ccccc1. The molecule has 1 aromatic carbocycles. The molecule has 82 valence electrons. The Morgan fingerprint density at radius 3 is 1.93 bits per heavy atom. The molecule has 0 fully saturated rings. The number of carbonyl (C=O) groups is 1. The molecule has 1 rings (SSSR count). The molecular weight excluding hydrogens is 186 g/mol. The Kier molecular flexibility index (Phi) is 3.00. The van der Waals surface area contributed by atoms with Crippen molar-refractivity contribution in [3.8, 4) is 0 Å². The van der Waals surface area contributed by atoms with E-state index in [0.717, 1.165) is 5.56 Å². The van der Waals surface area contributed by atoms with Crippen molar-refractivity contribution in [3.05, 3.63) is 35.9 Å². The molecule has 0 aliphatic rings. The van der Waals surface area contributed by atoms with Gasteiger partial charge in [0.15, 0.2) is 5.78 Å². The van der Waals surface area contributed by atoms with Gasteiger partial charge in [-0.05, 0) is 13.8 Å². The second-order valence-corrected chi connectivity index (χ2v) is 5.04. The molecule has 0 aliphatic carbocycles. The molecule has 15 heavy (non-hydrogen) atoms. The van der Waals surface area contributed by atoms with E-state index >= 15 is 0 Å². The predicted molar refractivity (Wildman–Crippen MR) is 62.8 cm³/mol. The first-order chi connectivity index (χ1) is 6.77. The van der Waals surface area contributed by atoms with Crippen LogP contribution in [0.2, 0.25) is 0 Å². The molecule has 0 amide bonds. The molecule has 0 radical (unpaired) electrons. The quantitative estimate of drug-likeness (QED) is 0.771. The number of rotatable bonds is 3. The lowest BCUT2D eigenvalue weighted by Gasteiger charge is -2.37. The van der Waals surface area contributed by atoms with Gasteiger partial charge in [0.05, 0.1) is 0 Å². The second kappa shape index (κ2) is 3.78. The van der Waals surface area contributed by atoms with Crippen LogP contribution in [0.3, 0.4) is 0 Å². The van der Waals surface area contributed by atoms with Crippen LogP contribution in [0.5, 0.6) is 0 Å². The van der Waals surface area contributed by atoms with Crippen molar-refractivity contribution in [2.45, 2.75) is 33.2 Å². The third-order valence-electron chi connectivity index (χ3n) is 3.21. The fourth-order valence-electron chi connectivity index (χ4n) is 1.24. The van der Waals surface area contributed by atoms with E-state index in [2.05, 4.69) is 0 Å². The lowest BCUT2D eigenvalue weighted by molar-refractivity contribution is 0.0735. The standard InChI is InChI=1S/C13H19NO/c1-12(2,13(3,4)14)11(15)10-8-6-5-7-9-10/h5-9H,14H2,1-4H3. The maximum absolute atomic E-state index is 12.2. The van der Waals surface area contributed by atoms with Crippen molar-refractivity contribution in [3.63, 3.8) is 0 Å². The molecule has 0 saturated heterocycles. The van der Waals surface area contributed by atoms with Gasteiger partial charge < -0.3 is 5.73 Å². The Morgan fingerprint density at radius 2 is 1.53 bits per heavy atom. The van der Waals surface area contributed by atoms with Crippen LogP contribution in [-0.4, -0.2) is 11.3 Å². The topological polar surface area (TPSA) is 43.1 Å². The molecule has 0 heterocycles. The summed E-state index contributed by atoms with van der Waals surface area (Å²) in [5.41, 5.74) is 5.66. The lowest BCUT2D eigenvalue weighted by atomic mass is 9.70. The highest BCUT2D eigenvalue weighted by Crippen LogP contribution is 2.32. The van der Waals surface area contributed by atoms with Crippen LogP contribution < -0.4 is 5.73 Å². The van der Waals surface area contributed by atoms with Crippen molar-refractivity contribution in [1.29, 1.82) is 0 Å². The first-order valence-electron chi connectivity index (χ1n) is 5.15. The molecule has 2 heteroatoms. The van der Waals surface area contributed by atoms with Crippen LogP contribution >= 0.6 is 0 Å². The van der Waals surface area contributed by atoms with Crippen molar-refractivity contribution in [2.75, 3.05) is 0 Å². The van der Waals surface area contributed by atoms with Gasteiger partial charge in [-0.1, -0.05) is 44.2 Å². The fourth-order valence-corrected chi connectivity index (χ4v) is 1.24. The third-order valence-corrected chi connectivity index (χ3v) is 3.21. The minimum atomic E-state index is -0.561. The van der Waals surface area contributed by atoms with Gasteiger partial charge in [0, 0.05) is 16.5 Å². The Balaban J connectivity index is 3.06. The highest BCUT2D eigenvalue weighted by molar-refractivity contribution is 6.00. The maximum Gasteiger partial charge on any atom is 0.170 e. The molecule has 2 nitrogen and oxygen atoms in total. The van der Waals surface area contributed by atoms with Gasteiger partial charge in [0.1, 0.15) is 0 Å². The summed E-state index contributed by atoms with van der Waals surface area (Å²) < 4.78 is 0. The number of benzene rings is 1. The van der Waals surface area contributed by atoms with Crippen LogP contribution in [-0.2, 0) is 0 Å². The van der Waals surface area contributed by atoms with E-state index in [-0.39, 0.29) is 5.78 Å². The van der Waals surface area contributed by atoms with Crippen LogP contribution in [0.1, 0.15) is 38.1 Å². The van der Waals surface area contributed by atoms with Crippen LogP contribution in [0.25, 0.3) is 0 Å². The number of nitrogens with two attached hydrogens (primary N) is 1. The van der Waals surface area contributed by atoms with Gasteiger partial charge >= 0.3 is 0 Å². The molecule has 0 spiro atoms. The number of Topliss-reactive ketones (excluding diaryl/α,β-unsaturated/α-hetero) is 1. The lowest BCUT2D eigenvalue weighted by Crippen LogP contribution is -2.51. The monoisotopic (exact) mass is 205 g/mol. The normalized spacial score (nSPS) is 12.6. The molecule has 2 N–H and O–H groups in total. The van der Waals surface area contributed by atoms with Crippen molar-refractivity contribution >= 4 is 5.78 Å². The average molecular weight is 205 g/mol. The van der Waals surface area contributed by atoms with Gasteiger partial charge in [0.2, 0.25) is 0 Å². The molecule has 0 saturated carbocycles. The molecule has 0 bridgehead atoms. The van der Waals surface area contributed by atoms with E-state index in [1.54, 1.807) is 0 Å². The van der Waals surface area contributed by atoms with E-state index < -0.39 is 11.0 Å². The van der Waals surface area contributed by atoms with E-state index in [1.807, 2.05) is 58.0 Å². The van der Waals surface area contributed by atoms with Crippen LogP contribution in [0.4, 0.5) is 0 Å². The molecule has 0 unspecified atom stereocenters. The van der Waals surface area contributed by atoms with Crippen LogP contribution in [0.15, 0.2) is 30.3 Å².